The molecule has 2 rings (SSSR count). The fourth-order valence-electron chi connectivity index (χ4n) is 1.96. The minimum atomic E-state index is -4.61. The van der Waals surface area contributed by atoms with Crippen LogP contribution in [0.15, 0.2) is 47.4 Å². The maximum absolute atomic E-state index is 13.7. The monoisotopic (exact) mass is 358 g/mol. The summed E-state index contributed by atoms with van der Waals surface area (Å²) in [6.07, 6.45) is -2.75. The van der Waals surface area contributed by atoms with Gasteiger partial charge in [-0.3, -0.25) is 0 Å². The van der Waals surface area contributed by atoms with E-state index in [1.54, 1.807) is 12.1 Å². The number of anilines is 1. The molecule has 0 aliphatic rings. The van der Waals surface area contributed by atoms with E-state index in [0.29, 0.717) is 11.8 Å². The number of amides is 2. The van der Waals surface area contributed by atoms with Crippen molar-refractivity contribution >= 4 is 23.5 Å². The van der Waals surface area contributed by atoms with Crippen LogP contribution in [0.4, 0.5) is 28.0 Å². The molecule has 0 bridgehead atoms. The van der Waals surface area contributed by atoms with Gasteiger partial charge in [0.05, 0.1) is 11.3 Å². The van der Waals surface area contributed by atoms with Gasteiger partial charge < -0.3 is 10.6 Å². The molecule has 0 unspecified atom stereocenters. The molecule has 2 aromatic carbocycles. The first-order chi connectivity index (χ1) is 11.3. The van der Waals surface area contributed by atoms with Crippen molar-refractivity contribution in [3.8, 4) is 0 Å². The Kier molecular flexibility index (Phi) is 5.71. The summed E-state index contributed by atoms with van der Waals surface area (Å²) >= 11 is 1.45. The van der Waals surface area contributed by atoms with Crippen molar-refractivity contribution in [2.75, 3.05) is 11.6 Å². The summed E-state index contributed by atoms with van der Waals surface area (Å²) < 4.78 is 51.1. The number of nitrogens with one attached hydrogen (secondary N) is 2. The molecule has 0 fully saturated rings. The summed E-state index contributed by atoms with van der Waals surface area (Å²) in [4.78, 5) is 12.7. The van der Waals surface area contributed by atoms with E-state index in [-0.39, 0.29) is 12.1 Å². The van der Waals surface area contributed by atoms with Crippen molar-refractivity contribution in [1.29, 1.82) is 0 Å². The van der Waals surface area contributed by atoms with Crippen molar-refractivity contribution in [1.82, 2.24) is 5.32 Å². The van der Waals surface area contributed by atoms with E-state index in [1.807, 2.05) is 18.4 Å². The fourth-order valence-corrected chi connectivity index (χ4v) is 2.51. The standard InChI is InChI=1S/C16H14F4N2OS/c1-24-14-5-3-2-4-13(14)22-15(23)21-9-10-6-7-11(8-12(10)17)16(18,19)20/h2-8H,9H2,1H3,(H2,21,22,23). The number of alkyl halides is 3. The summed E-state index contributed by atoms with van der Waals surface area (Å²) in [5, 5.41) is 5.03. The Bertz CT molecular complexity index is 734. The quantitative estimate of drug-likeness (QED) is 0.604. The maximum Gasteiger partial charge on any atom is 0.416 e. The molecule has 2 amide bonds. The SMILES string of the molecule is CSc1ccccc1NC(=O)NCc1ccc(C(F)(F)F)cc1F. The van der Waals surface area contributed by atoms with E-state index in [2.05, 4.69) is 10.6 Å². The highest BCUT2D eigenvalue weighted by Crippen LogP contribution is 2.30. The molecule has 24 heavy (non-hydrogen) atoms. The van der Waals surface area contributed by atoms with Gasteiger partial charge in [-0.05, 0) is 30.5 Å². The van der Waals surface area contributed by atoms with E-state index in [4.69, 9.17) is 0 Å². The average molecular weight is 358 g/mol. The van der Waals surface area contributed by atoms with Crippen LogP contribution in [0, 0.1) is 5.82 Å². The largest absolute Gasteiger partial charge is 0.416 e. The smallest absolute Gasteiger partial charge is 0.334 e. The molecule has 0 aliphatic heterocycles. The second-order valence-electron chi connectivity index (χ2n) is 4.81. The Balaban J connectivity index is 1.99. The third-order valence-electron chi connectivity index (χ3n) is 3.17. The third-order valence-corrected chi connectivity index (χ3v) is 3.97. The zero-order valence-corrected chi connectivity index (χ0v) is 13.4. The first-order valence-electron chi connectivity index (χ1n) is 6.84. The number of rotatable bonds is 4. The van der Waals surface area contributed by atoms with Crippen molar-refractivity contribution < 1.29 is 22.4 Å². The summed E-state index contributed by atoms with van der Waals surface area (Å²) in [5.41, 5.74) is -0.506. The van der Waals surface area contributed by atoms with Crippen LogP contribution in [0.1, 0.15) is 11.1 Å². The van der Waals surface area contributed by atoms with Crippen molar-refractivity contribution in [2.45, 2.75) is 17.6 Å². The lowest BCUT2D eigenvalue weighted by molar-refractivity contribution is -0.137. The van der Waals surface area contributed by atoms with Gasteiger partial charge in [0, 0.05) is 17.0 Å². The second-order valence-corrected chi connectivity index (χ2v) is 5.66. The molecule has 128 valence electrons. The van der Waals surface area contributed by atoms with E-state index < -0.39 is 23.6 Å². The zero-order valence-electron chi connectivity index (χ0n) is 12.6. The molecule has 0 heterocycles. The Morgan fingerprint density at radius 1 is 1.17 bits per heavy atom. The topological polar surface area (TPSA) is 41.1 Å². The van der Waals surface area contributed by atoms with Crippen LogP contribution in [-0.4, -0.2) is 12.3 Å². The highest BCUT2D eigenvalue weighted by atomic mass is 32.2. The Labute approximate surface area is 140 Å². The van der Waals surface area contributed by atoms with Crippen LogP contribution in [0.3, 0.4) is 0 Å². The van der Waals surface area contributed by atoms with E-state index in [9.17, 15) is 22.4 Å². The predicted octanol–water partition coefficient (Wildman–Crippen LogP) is 4.89. The first kappa shape index (κ1) is 18.1. The fraction of sp³-hybridized carbons (Fsp3) is 0.188. The van der Waals surface area contributed by atoms with Crippen LogP contribution in [0.5, 0.6) is 0 Å². The molecule has 0 saturated carbocycles. The Hall–Kier alpha value is -2.22. The van der Waals surface area contributed by atoms with Crippen LogP contribution < -0.4 is 10.6 Å². The van der Waals surface area contributed by atoms with Crippen LogP contribution in [-0.2, 0) is 12.7 Å². The molecular weight excluding hydrogens is 344 g/mol. The molecular formula is C16H14F4N2OS. The summed E-state index contributed by atoms with van der Waals surface area (Å²) in [5.74, 6) is -1.02. The molecule has 8 heteroatoms. The van der Waals surface area contributed by atoms with Gasteiger partial charge in [0.25, 0.3) is 0 Å². The normalized spacial score (nSPS) is 11.2. The van der Waals surface area contributed by atoms with Crippen molar-refractivity contribution in [2.24, 2.45) is 0 Å². The molecule has 0 saturated heterocycles. The van der Waals surface area contributed by atoms with E-state index in [0.717, 1.165) is 17.0 Å². The maximum atomic E-state index is 13.7. The number of urea groups is 1. The van der Waals surface area contributed by atoms with Gasteiger partial charge in [0.2, 0.25) is 0 Å². The van der Waals surface area contributed by atoms with E-state index >= 15 is 0 Å². The number of carbonyl (C=O) groups excluding carboxylic acids is 1. The van der Waals surface area contributed by atoms with Gasteiger partial charge in [-0.2, -0.15) is 13.2 Å². The summed E-state index contributed by atoms with van der Waals surface area (Å²) in [6, 6.07) is 8.75. The number of halogens is 4. The molecule has 0 aliphatic carbocycles. The van der Waals surface area contributed by atoms with Crippen LogP contribution in [0.2, 0.25) is 0 Å². The molecule has 2 N–H and O–H groups in total. The zero-order chi connectivity index (χ0) is 17.7. The number of benzene rings is 2. The minimum Gasteiger partial charge on any atom is -0.334 e. The molecule has 0 aromatic heterocycles. The van der Waals surface area contributed by atoms with Gasteiger partial charge in [0.15, 0.2) is 0 Å². The van der Waals surface area contributed by atoms with Crippen molar-refractivity contribution in [3.05, 3.63) is 59.4 Å². The van der Waals surface area contributed by atoms with Crippen LogP contribution >= 0.6 is 11.8 Å². The lowest BCUT2D eigenvalue weighted by Crippen LogP contribution is -2.28. The Morgan fingerprint density at radius 3 is 2.50 bits per heavy atom. The molecule has 0 spiro atoms. The summed E-state index contributed by atoms with van der Waals surface area (Å²) in [7, 11) is 0. The predicted molar refractivity (Wildman–Crippen MR) is 85.5 cm³/mol. The van der Waals surface area contributed by atoms with Gasteiger partial charge in [-0.1, -0.05) is 18.2 Å². The molecule has 3 nitrogen and oxygen atoms in total. The minimum absolute atomic E-state index is 0.0312. The van der Waals surface area contributed by atoms with Gasteiger partial charge >= 0.3 is 12.2 Å². The number of thioether (sulfide) groups is 1. The lowest BCUT2D eigenvalue weighted by atomic mass is 10.1. The highest BCUT2D eigenvalue weighted by Gasteiger charge is 2.31. The van der Waals surface area contributed by atoms with Crippen molar-refractivity contribution in [3.63, 3.8) is 0 Å². The van der Waals surface area contributed by atoms with Gasteiger partial charge in [-0.15, -0.1) is 11.8 Å². The molecule has 0 radical (unpaired) electrons. The first-order valence-corrected chi connectivity index (χ1v) is 8.07. The second kappa shape index (κ2) is 7.57. The van der Waals surface area contributed by atoms with E-state index in [1.165, 1.54) is 11.8 Å². The average Bonchev–Trinajstić information content (AvgIpc) is 2.53. The summed E-state index contributed by atoms with van der Waals surface area (Å²) in [6.45, 7) is -0.225. The number of para-hydroxylation sites is 1. The lowest BCUT2D eigenvalue weighted by Gasteiger charge is -2.12. The molecule has 0 atom stereocenters. The Morgan fingerprint density at radius 2 is 1.88 bits per heavy atom. The number of hydrogen-bond donors (Lipinski definition) is 2. The highest BCUT2D eigenvalue weighted by molar-refractivity contribution is 7.98. The third kappa shape index (κ3) is 4.64. The molecule has 2 aromatic rings. The van der Waals surface area contributed by atoms with Gasteiger partial charge in [-0.25, -0.2) is 9.18 Å². The van der Waals surface area contributed by atoms with Gasteiger partial charge in [0.1, 0.15) is 5.82 Å². The van der Waals surface area contributed by atoms with Crippen LogP contribution in [0.25, 0.3) is 0 Å². The number of hydrogen-bond acceptors (Lipinski definition) is 2. The number of carbonyl (C=O) groups is 1.